The van der Waals surface area contributed by atoms with Gasteiger partial charge in [0, 0.05) is 32.1 Å². The molecule has 0 amide bonds. The third-order valence-electron chi connectivity index (χ3n) is 2.66. The van der Waals surface area contributed by atoms with Gasteiger partial charge in [-0.3, -0.25) is 0 Å². The Morgan fingerprint density at radius 2 is 2.21 bits per heavy atom. The molecule has 1 saturated heterocycles. The zero-order chi connectivity index (χ0) is 9.80. The summed E-state index contributed by atoms with van der Waals surface area (Å²) in [6.07, 6.45) is 5.56. The van der Waals surface area contributed by atoms with Crippen molar-refractivity contribution in [1.29, 1.82) is 0 Å². The number of anilines is 1. The van der Waals surface area contributed by atoms with Crippen LogP contribution in [0.2, 0.25) is 0 Å². The number of hydrogen-bond acceptors (Lipinski definition) is 4. The first-order chi connectivity index (χ1) is 6.90. The molecule has 2 heterocycles. The van der Waals surface area contributed by atoms with Crippen molar-refractivity contribution in [3.63, 3.8) is 0 Å². The van der Waals surface area contributed by atoms with Crippen LogP contribution in [0.5, 0.6) is 0 Å². The summed E-state index contributed by atoms with van der Waals surface area (Å²) in [4.78, 5) is 10.6. The van der Waals surface area contributed by atoms with Crippen LogP contribution in [0.1, 0.15) is 12.8 Å². The lowest BCUT2D eigenvalue weighted by Crippen LogP contribution is -2.22. The summed E-state index contributed by atoms with van der Waals surface area (Å²) in [5, 5.41) is 8.83. The maximum Gasteiger partial charge on any atom is 0.225 e. The van der Waals surface area contributed by atoms with E-state index in [4.69, 9.17) is 5.11 Å². The van der Waals surface area contributed by atoms with Crippen LogP contribution in [0.3, 0.4) is 0 Å². The van der Waals surface area contributed by atoms with Crippen molar-refractivity contribution in [1.82, 2.24) is 9.97 Å². The first-order valence-electron chi connectivity index (χ1n) is 5.03. The Morgan fingerprint density at radius 1 is 1.43 bits per heavy atom. The molecule has 1 aliphatic heterocycles. The topological polar surface area (TPSA) is 49.2 Å². The minimum atomic E-state index is 0.286. The van der Waals surface area contributed by atoms with Crippen LogP contribution < -0.4 is 4.90 Å². The zero-order valence-electron chi connectivity index (χ0n) is 8.13. The average Bonchev–Trinajstić information content (AvgIpc) is 2.68. The van der Waals surface area contributed by atoms with Crippen molar-refractivity contribution in [3.05, 3.63) is 18.5 Å². The van der Waals surface area contributed by atoms with Crippen molar-refractivity contribution >= 4 is 5.95 Å². The van der Waals surface area contributed by atoms with Crippen LogP contribution in [0.15, 0.2) is 18.5 Å². The highest BCUT2D eigenvalue weighted by atomic mass is 16.3. The largest absolute Gasteiger partial charge is 0.396 e. The maximum absolute atomic E-state index is 8.83. The molecule has 0 unspecified atom stereocenters. The molecule has 0 aliphatic carbocycles. The Hall–Kier alpha value is -1.16. The highest BCUT2D eigenvalue weighted by molar-refractivity contribution is 5.30. The van der Waals surface area contributed by atoms with Gasteiger partial charge in [-0.1, -0.05) is 0 Å². The molecule has 0 bridgehead atoms. The Kier molecular flexibility index (Phi) is 2.93. The molecular formula is C10H15N3O. The van der Waals surface area contributed by atoms with Crippen molar-refractivity contribution in [2.75, 3.05) is 24.6 Å². The summed E-state index contributed by atoms with van der Waals surface area (Å²) in [6, 6.07) is 1.82. The van der Waals surface area contributed by atoms with Gasteiger partial charge in [0.05, 0.1) is 0 Å². The van der Waals surface area contributed by atoms with Gasteiger partial charge in [0.2, 0.25) is 5.95 Å². The van der Waals surface area contributed by atoms with E-state index in [1.165, 1.54) is 0 Å². The summed E-state index contributed by atoms with van der Waals surface area (Å²) in [6.45, 7) is 2.27. The molecule has 4 heteroatoms. The van der Waals surface area contributed by atoms with Gasteiger partial charge < -0.3 is 10.0 Å². The highest BCUT2D eigenvalue weighted by Gasteiger charge is 2.23. The van der Waals surface area contributed by atoms with E-state index >= 15 is 0 Å². The first-order valence-corrected chi connectivity index (χ1v) is 5.03. The molecule has 76 valence electrons. The molecule has 4 nitrogen and oxygen atoms in total. The second-order valence-electron chi connectivity index (χ2n) is 3.66. The van der Waals surface area contributed by atoms with E-state index in [1.54, 1.807) is 12.4 Å². The average molecular weight is 193 g/mol. The van der Waals surface area contributed by atoms with Crippen LogP contribution in [0, 0.1) is 5.92 Å². The third-order valence-corrected chi connectivity index (χ3v) is 2.66. The molecule has 1 N–H and O–H groups in total. The number of hydrogen-bond donors (Lipinski definition) is 1. The molecule has 1 atom stereocenters. The van der Waals surface area contributed by atoms with Crippen molar-refractivity contribution < 1.29 is 5.11 Å². The fourth-order valence-corrected chi connectivity index (χ4v) is 1.89. The maximum atomic E-state index is 8.83. The summed E-state index contributed by atoms with van der Waals surface area (Å²) in [7, 11) is 0. The van der Waals surface area contributed by atoms with E-state index in [-0.39, 0.29) is 6.61 Å². The van der Waals surface area contributed by atoms with Crippen LogP contribution in [-0.2, 0) is 0 Å². The molecule has 0 spiro atoms. The van der Waals surface area contributed by atoms with E-state index in [1.807, 2.05) is 6.07 Å². The standard InChI is InChI=1S/C10H15N3O/c14-7-3-9-2-6-13(8-9)10-11-4-1-5-12-10/h1,4-5,9,14H,2-3,6-8H2/t9-/m0/s1. The van der Waals surface area contributed by atoms with Gasteiger partial charge in [0.1, 0.15) is 0 Å². The van der Waals surface area contributed by atoms with E-state index in [9.17, 15) is 0 Å². The molecule has 2 rings (SSSR count). The van der Waals surface area contributed by atoms with E-state index in [0.717, 1.165) is 31.9 Å². The zero-order valence-corrected chi connectivity index (χ0v) is 8.13. The molecule has 0 radical (unpaired) electrons. The first kappa shape index (κ1) is 9.40. The van der Waals surface area contributed by atoms with Crippen LogP contribution >= 0.6 is 0 Å². The third kappa shape index (κ3) is 2.01. The second-order valence-corrected chi connectivity index (χ2v) is 3.66. The number of rotatable bonds is 3. The van der Waals surface area contributed by atoms with Gasteiger partial charge in [-0.25, -0.2) is 9.97 Å². The van der Waals surface area contributed by atoms with Gasteiger partial charge in [0.15, 0.2) is 0 Å². The normalized spacial score (nSPS) is 21.5. The lowest BCUT2D eigenvalue weighted by atomic mass is 10.1. The Bertz CT molecular complexity index is 278. The number of aliphatic hydroxyl groups excluding tert-OH is 1. The molecule has 1 aromatic heterocycles. The van der Waals surface area contributed by atoms with E-state index < -0.39 is 0 Å². The fraction of sp³-hybridized carbons (Fsp3) is 0.600. The Morgan fingerprint density at radius 3 is 2.93 bits per heavy atom. The molecule has 0 saturated carbocycles. The molecular weight excluding hydrogens is 178 g/mol. The SMILES string of the molecule is OCC[C@@H]1CCN(c2ncccn2)C1. The smallest absolute Gasteiger partial charge is 0.225 e. The van der Waals surface area contributed by atoms with Crippen LogP contribution in [0.4, 0.5) is 5.95 Å². The minimum absolute atomic E-state index is 0.286. The summed E-state index contributed by atoms with van der Waals surface area (Å²) < 4.78 is 0. The summed E-state index contributed by atoms with van der Waals surface area (Å²) in [5.41, 5.74) is 0. The van der Waals surface area contributed by atoms with E-state index in [0.29, 0.717) is 5.92 Å². The van der Waals surface area contributed by atoms with Crippen LogP contribution in [-0.4, -0.2) is 34.8 Å². The molecule has 1 aromatic rings. The minimum Gasteiger partial charge on any atom is -0.396 e. The molecule has 14 heavy (non-hydrogen) atoms. The van der Waals surface area contributed by atoms with Crippen molar-refractivity contribution in [2.24, 2.45) is 5.92 Å². The van der Waals surface area contributed by atoms with Gasteiger partial charge in [0.25, 0.3) is 0 Å². The Balaban J connectivity index is 1.96. The summed E-state index contributed by atoms with van der Waals surface area (Å²) >= 11 is 0. The Labute approximate surface area is 83.6 Å². The van der Waals surface area contributed by atoms with Gasteiger partial charge in [-0.2, -0.15) is 0 Å². The molecule has 0 aromatic carbocycles. The fourth-order valence-electron chi connectivity index (χ4n) is 1.89. The molecule has 1 fully saturated rings. The lowest BCUT2D eigenvalue weighted by molar-refractivity contribution is 0.263. The quantitative estimate of drug-likeness (QED) is 0.767. The highest BCUT2D eigenvalue weighted by Crippen LogP contribution is 2.22. The summed E-state index contributed by atoms with van der Waals surface area (Å²) in [5.74, 6) is 1.41. The lowest BCUT2D eigenvalue weighted by Gasteiger charge is -2.15. The van der Waals surface area contributed by atoms with Gasteiger partial charge in [-0.15, -0.1) is 0 Å². The van der Waals surface area contributed by atoms with Crippen LogP contribution in [0.25, 0.3) is 0 Å². The van der Waals surface area contributed by atoms with Gasteiger partial charge >= 0.3 is 0 Å². The van der Waals surface area contributed by atoms with E-state index in [2.05, 4.69) is 14.9 Å². The van der Waals surface area contributed by atoms with Gasteiger partial charge in [-0.05, 0) is 24.8 Å². The van der Waals surface area contributed by atoms with Crippen molar-refractivity contribution in [3.8, 4) is 0 Å². The molecule has 1 aliphatic rings. The monoisotopic (exact) mass is 193 g/mol. The predicted molar refractivity (Wildman–Crippen MR) is 54.1 cm³/mol. The second kappa shape index (κ2) is 4.37. The van der Waals surface area contributed by atoms with Crippen molar-refractivity contribution in [2.45, 2.75) is 12.8 Å². The number of aliphatic hydroxyl groups is 1. The predicted octanol–water partition coefficient (Wildman–Crippen LogP) is 0.685. The number of aromatic nitrogens is 2. The number of nitrogens with zero attached hydrogens (tertiary/aromatic N) is 3.